The lowest BCUT2D eigenvalue weighted by Gasteiger charge is -2.04. The van der Waals surface area contributed by atoms with E-state index in [4.69, 9.17) is 20.9 Å². The average Bonchev–Trinajstić information content (AvgIpc) is 3.43. The predicted molar refractivity (Wildman–Crippen MR) is 103 cm³/mol. The van der Waals surface area contributed by atoms with Gasteiger partial charge < -0.3 is 4.74 Å². The van der Waals surface area contributed by atoms with Crippen molar-refractivity contribution in [1.29, 1.82) is 0 Å². The molecule has 0 aliphatic carbocycles. The molecule has 0 radical (unpaired) electrons. The van der Waals surface area contributed by atoms with Crippen LogP contribution in [0.5, 0.6) is 6.08 Å². The molecule has 0 atom stereocenters. The van der Waals surface area contributed by atoms with Gasteiger partial charge >= 0.3 is 6.08 Å². The Bertz CT molecular complexity index is 1380. The second kappa shape index (κ2) is 6.43. The molecular formula is C17H11ClN6O3S. The molecular weight excluding hydrogens is 404 g/mol. The van der Waals surface area contributed by atoms with Crippen molar-refractivity contribution in [1.82, 2.24) is 29.3 Å². The van der Waals surface area contributed by atoms with Gasteiger partial charge in [-0.05, 0) is 23.6 Å². The van der Waals surface area contributed by atoms with Crippen LogP contribution < -0.4 is 10.3 Å². The molecule has 4 heterocycles. The summed E-state index contributed by atoms with van der Waals surface area (Å²) in [5, 5.41) is 14.5. The van der Waals surface area contributed by atoms with E-state index in [1.165, 1.54) is 15.9 Å². The van der Waals surface area contributed by atoms with Crippen LogP contribution in [0.25, 0.3) is 27.4 Å². The van der Waals surface area contributed by atoms with Crippen molar-refractivity contribution in [2.75, 3.05) is 0 Å². The van der Waals surface area contributed by atoms with Crippen LogP contribution in [-0.4, -0.2) is 29.3 Å². The van der Waals surface area contributed by atoms with Crippen LogP contribution in [0.3, 0.4) is 0 Å². The van der Waals surface area contributed by atoms with Crippen molar-refractivity contribution < 1.29 is 9.26 Å². The van der Waals surface area contributed by atoms with E-state index in [2.05, 4.69) is 20.3 Å². The Morgan fingerprint density at radius 3 is 2.96 bits per heavy atom. The molecule has 0 amide bonds. The Morgan fingerprint density at radius 2 is 2.11 bits per heavy atom. The van der Waals surface area contributed by atoms with Gasteiger partial charge in [-0.3, -0.25) is 18.3 Å². The molecule has 140 valence electrons. The topological polar surface area (TPSA) is 100 Å². The van der Waals surface area contributed by atoms with E-state index in [1.54, 1.807) is 23.6 Å². The number of thiophene rings is 1. The first-order valence-corrected chi connectivity index (χ1v) is 9.41. The standard InChI is InChI=1S/C17H11ClN6O3S/c1-23-15(25)13-11(6-7-28-13)24-12(20-21-16(23)24)8-26-17-19-14(22-27-17)9-4-2-3-5-10(9)18/h2-7H,8H2,1H3. The van der Waals surface area contributed by atoms with Gasteiger partial charge in [0, 0.05) is 12.6 Å². The second-order valence-corrected chi connectivity index (χ2v) is 7.23. The van der Waals surface area contributed by atoms with Crippen molar-refractivity contribution in [2.45, 2.75) is 6.61 Å². The molecule has 28 heavy (non-hydrogen) atoms. The quantitative estimate of drug-likeness (QED) is 0.445. The summed E-state index contributed by atoms with van der Waals surface area (Å²) in [4.78, 5) is 16.6. The predicted octanol–water partition coefficient (Wildman–Crippen LogP) is 2.93. The molecule has 4 aromatic heterocycles. The first-order chi connectivity index (χ1) is 13.6. The third-order valence-corrected chi connectivity index (χ3v) is 5.47. The lowest BCUT2D eigenvalue weighted by molar-refractivity contribution is 0.190. The van der Waals surface area contributed by atoms with Crippen LogP contribution in [-0.2, 0) is 13.7 Å². The Morgan fingerprint density at radius 1 is 1.25 bits per heavy atom. The molecule has 0 saturated heterocycles. The molecule has 1 aromatic carbocycles. The Balaban J connectivity index is 1.48. The number of hydrogen-bond acceptors (Lipinski definition) is 8. The van der Waals surface area contributed by atoms with Gasteiger partial charge in [-0.15, -0.1) is 21.5 Å². The van der Waals surface area contributed by atoms with Gasteiger partial charge in [-0.2, -0.15) is 4.98 Å². The molecule has 9 nitrogen and oxygen atoms in total. The van der Waals surface area contributed by atoms with Crippen LogP contribution in [0.4, 0.5) is 0 Å². The summed E-state index contributed by atoms with van der Waals surface area (Å²) < 4.78 is 14.6. The Labute approximate surface area is 165 Å². The first kappa shape index (κ1) is 16.9. The van der Waals surface area contributed by atoms with Crippen LogP contribution in [0.2, 0.25) is 5.02 Å². The number of rotatable bonds is 4. The minimum absolute atomic E-state index is 0.0157. The highest BCUT2D eigenvalue weighted by molar-refractivity contribution is 7.17. The lowest BCUT2D eigenvalue weighted by Crippen LogP contribution is -2.19. The summed E-state index contributed by atoms with van der Waals surface area (Å²) in [6.45, 7) is 0.0362. The largest absolute Gasteiger partial charge is 0.441 e. The molecule has 11 heteroatoms. The molecule has 0 saturated carbocycles. The second-order valence-electron chi connectivity index (χ2n) is 5.90. The highest BCUT2D eigenvalue weighted by Gasteiger charge is 2.17. The van der Waals surface area contributed by atoms with Crippen molar-refractivity contribution in [3.63, 3.8) is 0 Å². The van der Waals surface area contributed by atoms with E-state index in [0.717, 1.165) is 5.52 Å². The molecule has 0 aliphatic rings. The summed E-state index contributed by atoms with van der Waals surface area (Å²) in [7, 11) is 1.66. The van der Waals surface area contributed by atoms with Gasteiger partial charge in [0.25, 0.3) is 5.56 Å². The lowest BCUT2D eigenvalue weighted by atomic mass is 10.2. The number of ether oxygens (including phenoxy) is 1. The number of benzene rings is 1. The average molecular weight is 415 g/mol. The molecule has 0 N–H and O–H groups in total. The van der Waals surface area contributed by atoms with E-state index >= 15 is 0 Å². The van der Waals surface area contributed by atoms with Crippen LogP contribution in [0, 0.1) is 0 Å². The third-order valence-electron chi connectivity index (χ3n) is 4.24. The number of aromatic nitrogens is 6. The molecule has 0 fully saturated rings. The maximum Gasteiger partial charge on any atom is 0.418 e. The molecule has 5 aromatic rings. The molecule has 0 bridgehead atoms. The monoisotopic (exact) mass is 414 g/mol. The molecule has 0 spiro atoms. The summed E-state index contributed by atoms with van der Waals surface area (Å²) in [5.74, 6) is 1.26. The highest BCUT2D eigenvalue weighted by atomic mass is 35.5. The maximum atomic E-state index is 12.4. The van der Waals surface area contributed by atoms with E-state index in [0.29, 0.717) is 32.7 Å². The first-order valence-electron chi connectivity index (χ1n) is 8.15. The number of nitrogens with zero attached hydrogens (tertiary/aromatic N) is 6. The Kier molecular flexibility index (Phi) is 3.88. The number of aryl methyl sites for hydroxylation is 1. The SMILES string of the molecule is Cn1c(=O)c2sccc2n2c(COc3nc(-c4ccccc4Cl)no3)nnc12. The van der Waals surface area contributed by atoms with E-state index in [-0.39, 0.29) is 18.2 Å². The fourth-order valence-electron chi connectivity index (χ4n) is 2.89. The normalized spacial score (nSPS) is 11.5. The van der Waals surface area contributed by atoms with Crippen LogP contribution >= 0.6 is 22.9 Å². The summed E-state index contributed by atoms with van der Waals surface area (Å²) >= 11 is 7.52. The summed E-state index contributed by atoms with van der Waals surface area (Å²) in [6.07, 6.45) is -0.0157. The van der Waals surface area contributed by atoms with Crippen molar-refractivity contribution in [2.24, 2.45) is 7.05 Å². The minimum atomic E-state index is -0.112. The smallest absolute Gasteiger partial charge is 0.418 e. The van der Waals surface area contributed by atoms with Crippen LogP contribution in [0.1, 0.15) is 5.82 Å². The van der Waals surface area contributed by atoms with E-state index < -0.39 is 0 Å². The third kappa shape index (κ3) is 2.57. The van der Waals surface area contributed by atoms with E-state index in [9.17, 15) is 4.79 Å². The van der Waals surface area contributed by atoms with E-state index in [1.807, 2.05) is 23.6 Å². The summed E-state index contributed by atoms with van der Waals surface area (Å²) in [6, 6.07) is 9.03. The zero-order valence-corrected chi connectivity index (χ0v) is 15.9. The minimum Gasteiger partial charge on any atom is -0.441 e. The van der Waals surface area contributed by atoms with Gasteiger partial charge in [0.15, 0.2) is 12.4 Å². The zero-order valence-electron chi connectivity index (χ0n) is 14.4. The van der Waals surface area contributed by atoms with Crippen molar-refractivity contribution >= 4 is 38.9 Å². The number of fused-ring (bicyclic) bond motifs is 3. The fourth-order valence-corrected chi connectivity index (χ4v) is 3.96. The maximum absolute atomic E-state index is 12.4. The van der Waals surface area contributed by atoms with Gasteiger partial charge in [-0.25, -0.2) is 0 Å². The fraction of sp³-hybridized carbons (Fsp3) is 0.118. The molecule has 5 rings (SSSR count). The zero-order chi connectivity index (χ0) is 19.3. The highest BCUT2D eigenvalue weighted by Crippen LogP contribution is 2.26. The molecule has 0 aliphatic heterocycles. The van der Waals surface area contributed by atoms with Crippen LogP contribution in [0.15, 0.2) is 45.0 Å². The summed E-state index contributed by atoms with van der Waals surface area (Å²) in [5.41, 5.74) is 1.26. The molecule has 0 unspecified atom stereocenters. The van der Waals surface area contributed by atoms with Gasteiger partial charge in [0.05, 0.1) is 10.5 Å². The Hall–Kier alpha value is -3.24. The van der Waals surface area contributed by atoms with Gasteiger partial charge in [0.2, 0.25) is 11.6 Å². The van der Waals surface area contributed by atoms with Gasteiger partial charge in [-0.1, -0.05) is 28.9 Å². The van der Waals surface area contributed by atoms with Crippen molar-refractivity contribution in [3.8, 4) is 17.5 Å². The van der Waals surface area contributed by atoms with Crippen molar-refractivity contribution in [3.05, 3.63) is 56.9 Å². The van der Waals surface area contributed by atoms with Gasteiger partial charge in [0.1, 0.15) is 4.70 Å². The number of hydrogen-bond donors (Lipinski definition) is 0. The number of halogens is 1.